The first-order valence-corrected chi connectivity index (χ1v) is 13.8. The summed E-state index contributed by atoms with van der Waals surface area (Å²) in [5, 5.41) is 4.69. The minimum absolute atomic E-state index is 0.0809. The van der Waals surface area contributed by atoms with Crippen LogP contribution >= 0.6 is 11.6 Å². The lowest BCUT2D eigenvalue weighted by Gasteiger charge is -2.11. The number of amides is 1. The van der Waals surface area contributed by atoms with Crippen molar-refractivity contribution in [3.63, 3.8) is 0 Å². The van der Waals surface area contributed by atoms with E-state index < -0.39 is 17.8 Å². The molecule has 218 valence electrons. The number of nitrogens with one attached hydrogen (secondary N) is 1. The van der Waals surface area contributed by atoms with Gasteiger partial charge in [0.05, 0.1) is 17.3 Å². The van der Waals surface area contributed by atoms with Crippen LogP contribution in [0.4, 0.5) is 0 Å². The van der Waals surface area contributed by atoms with Gasteiger partial charge in [-0.05, 0) is 78.4 Å². The summed E-state index contributed by atoms with van der Waals surface area (Å²) in [5.41, 5.74) is 4.84. The highest BCUT2D eigenvalue weighted by Crippen LogP contribution is 2.26. The van der Waals surface area contributed by atoms with E-state index in [-0.39, 0.29) is 11.5 Å². The molecule has 5 aromatic carbocycles. The van der Waals surface area contributed by atoms with Gasteiger partial charge in [-0.25, -0.2) is 15.0 Å². The predicted molar refractivity (Wildman–Crippen MR) is 167 cm³/mol. The van der Waals surface area contributed by atoms with Crippen molar-refractivity contribution in [1.82, 2.24) is 5.43 Å². The van der Waals surface area contributed by atoms with Crippen molar-refractivity contribution in [3.8, 4) is 17.2 Å². The zero-order valence-electron chi connectivity index (χ0n) is 23.2. The Morgan fingerprint density at radius 2 is 1.25 bits per heavy atom. The maximum Gasteiger partial charge on any atom is 0.343 e. The number of ether oxygens (including phenoxy) is 3. The summed E-state index contributed by atoms with van der Waals surface area (Å²) in [5.74, 6) is -0.804. The van der Waals surface area contributed by atoms with Crippen molar-refractivity contribution >= 4 is 35.7 Å². The van der Waals surface area contributed by atoms with Crippen LogP contribution in [0, 0.1) is 0 Å². The molecular weight excluding hydrogens is 580 g/mol. The van der Waals surface area contributed by atoms with Gasteiger partial charge in [0.2, 0.25) is 0 Å². The predicted octanol–water partition coefficient (Wildman–Crippen LogP) is 7.12. The van der Waals surface area contributed by atoms with Crippen LogP contribution in [0.15, 0.2) is 132 Å². The Labute approximate surface area is 258 Å². The van der Waals surface area contributed by atoms with Crippen molar-refractivity contribution in [2.24, 2.45) is 5.10 Å². The largest absolute Gasteiger partial charge is 0.489 e. The minimum Gasteiger partial charge on any atom is -0.489 e. The second-order valence-corrected chi connectivity index (χ2v) is 9.79. The zero-order chi connectivity index (χ0) is 30.7. The Bertz CT molecular complexity index is 1770. The molecule has 0 aliphatic heterocycles. The normalized spacial score (nSPS) is 10.7. The van der Waals surface area contributed by atoms with E-state index >= 15 is 0 Å². The summed E-state index contributed by atoms with van der Waals surface area (Å²) < 4.78 is 16.9. The summed E-state index contributed by atoms with van der Waals surface area (Å²) >= 11 is 5.92. The molecule has 0 heterocycles. The maximum absolute atomic E-state index is 12.8. The summed E-state index contributed by atoms with van der Waals surface area (Å²) in [6, 6.07) is 35.4. The van der Waals surface area contributed by atoms with E-state index in [1.807, 2.05) is 12.1 Å². The molecule has 0 aliphatic rings. The van der Waals surface area contributed by atoms with Crippen molar-refractivity contribution < 1.29 is 28.6 Å². The van der Waals surface area contributed by atoms with Gasteiger partial charge in [-0.2, -0.15) is 5.10 Å². The molecule has 0 radical (unpaired) electrons. The molecule has 0 aromatic heterocycles. The zero-order valence-corrected chi connectivity index (χ0v) is 23.9. The molecule has 1 amide bonds. The molecule has 0 spiro atoms. The highest BCUT2D eigenvalue weighted by Gasteiger charge is 2.15. The van der Waals surface area contributed by atoms with Gasteiger partial charge in [-0.3, -0.25) is 4.79 Å². The fourth-order valence-electron chi connectivity index (χ4n) is 3.92. The topological polar surface area (TPSA) is 103 Å². The number of hydrogen-bond acceptors (Lipinski definition) is 7. The van der Waals surface area contributed by atoms with Crippen molar-refractivity contribution in [1.29, 1.82) is 0 Å². The molecule has 1 N–H and O–H groups in total. The van der Waals surface area contributed by atoms with Gasteiger partial charge in [0.15, 0.2) is 0 Å². The van der Waals surface area contributed by atoms with Crippen molar-refractivity contribution in [2.75, 3.05) is 0 Å². The van der Waals surface area contributed by atoms with Crippen LogP contribution in [-0.2, 0) is 6.61 Å². The Kier molecular flexibility index (Phi) is 9.76. The number of carbonyl (C=O) groups excluding carboxylic acids is 3. The number of esters is 2. The Morgan fingerprint density at radius 3 is 1.89 bits per heavy atom. The summed E-state index contributed by atoms with van der Waals surface area (Å²) in [7, 11) is 0. The van der Waals surface area contributed by atoms with E-state index in [2.05, 4.69) is 10.5 Å². The SMILES string of the molecule is O=C(N/N=C\c1ccc(OC(=O)c2ccccc2)cc1OC(=O)c1ccccc1)c1ccc(OCc2ccc(Cl)cc2)cc1. The second-order valence-electron chi connectivity index (χ2n) is 9.35. The van der Waals surface area contributed by atoms with Crippen LogP contribution in [0.5, 0.6) is 17.2 Å². The first-order chi connectivity index (χ1) is 21.4. The molecule has 0 unspecified atom stereocenters. The molecule has 8 nitrogen and oxygen atoms in total. The molecule has 5 rings (SSSR count). The van der Waals surface area contributed by atoms with E-state index in [0.29, 0.717) is 39.6 Å². The molecule has 0 saturated carbocycles. The Hall–Kier alpha value is -5.73. The van der Waals surface area contributed by atoms with Crippen molar-refractivity contribution in [3.05, 3.63) is 160 Å². The molecular formula is C35H25ClN2O6. The number of carbonyl (C=O) groups is 3. The van der Waals surface area contributed by atoms with Gasteiger partial charge in [-0.15, -0.1) is 0 Å². The van der Waals surface area contributed by atoms with E-state index in [1.165, 1.54) is 18.3 Å². The summed E-state index contributed by atoms with van der Waals surface area (Å²) in [4.78, 5) is 38.0. The first kappa shape index (κ1) is 29.8. The third-order valence-electron chi connectivity index (χ3n) is 6.22. The van der Waals surface area contributed by atoms with Gasteiger partial charge >= 0.3 is 11.9 Å². The third kappa shape index (κ3) is 8.18. The van der Waals surface area contributed by atoms with E-state index in [4.69, 9.17) is 25.8 Å². The van der Waals surface area contributed by atoms with Gasteiger partial charge in [0, 0.05) is 22.2 Å². The Morgan fingerprint density at radius 1 is 0.659 bits per heavy atom. The second kappa shape index (κ2) is 14.4. The van der Waals surface area contributed by atoms with Gasteiger partial charge in [0.25, 0.3) is 5.91 Å². The molecule has 44 heavy (non-hydrogen) atoms. The lowest BCUT2D eigenvalue weighted by atomic mass is 10.2. The summed E-state index contributed by atoms with van der Waals surface area (Å²) in [6.07, 6.45) is 1.33. The van der Waals surface area contributed by atoms with Gasteiger partial charge in [0.1, 0.15) is 23.9 Å². The van der Waals surface area contributed by atoms with Crippen LogP contribution in [0.25, 0.3) is 0 Å². The van der Waals surface area contributed by atoms with Crippen LogP contribution in [-0.4, -0.2) is 24.1 Å². The number of rotatable bonds is 10. The molecule has 9 heteroatoms. The fourth-order valence-corrected chi connectivity index (χ4v) is 4.05. The van der Waals surface area contributed by atoms with E-state index in [1.54, 1.807) is 103 Å². The fraction of sp³-hybridized carbons (Fsp3) is 0.0286. The smallest absolute Gasteiger partial charge is 0.343 e. The third-order valence-corrected chi connectivity index (χ3v) is 6.47. The van der Waals surface area contributed by atoms with Crippen LogP contribution in [0.1, 0.15) is 42.2 Å². The van der Waals surface area contributed by atoms with Crippen LogP contribution < -0.4 is 19.6 Å². The number of hydrazone groups is 1. The van der Waals surface area contributed by atoms with E-state index in [9.17, 15) is 14.4 Å². The summed E-state index contributed by atoms with van der Waals surface area (Å²) in [6.45, 7) is 0.356. The lowest BCUT2D eigenvalue weighted by molar-refractivity contribution is 0.0732. The van der Waals surface area contributed by atoms with Crippen LogP contribution in [0.3, 0.4) is 0 Å². The standard InChI is InChI=1S/C35H25ClN2O6/c36-29-16-11-24(12-17-29)23-42-30-18-13-25(14-19-30)33(39)38-37-22-28-15-20-31(43-34(40)26-7-3-1-4-8-26)21-32(28)44-35(41)27-9-5-2-6-10-27/h1-22H,23H2,(H,38,39)/b37-22-. The van der Waals surface area contributed by atoms with Gasteiger partial charge < -0.3 is 14.2 Å². The average Bonchev–Trinajstić information content (AvgIpc) is 3.06. The Balaban J connectivity index is 1.26. The average molecular weight is 605 g/mol. The number of nitrogens with zero attached hydrogens (tertiary/aromatic N) is 1. The molecule has 0 aliphatic carbocycles. The highest BCUT2D eigenvalue weighted by molar-refractivity contribution is 6.30. The molecule has 0 fully saturated rings. The monoisotopic (exact) mass is 604 g/mol. The maximum atomic E-state index is 12.8. The first-order valence-electron chi connectivity index (χ1n) is 13.4. The van der Waals surface area contributed by atoms with Gasteiger partial charge in [-0.1, -0.05) is 60.1 Å². The quantitative estimate of drug-likeness (QED) is 0.0788. The molecule has 0 bridgehead atoms. The molecule has 5 aromatic rings. The molecule has 0 saturated heterocycles. The number of benzene rings is 5. The van der Waals surface area contributed by atoms with Crippen molar-refractivity contribution in [2.45, 2.75) is 6.61 Å². The number of hydrogen-bond donors (Lipinski definition) is 1. The lowest BCUT2D eigenvalue weighted by Crippen LogP contribution is -2.17. The molecule has 0 atom stereocenters. The highest BCUT2D eigenvalue weighted by atomic mass is 35.5. The van der Waals surface area contributed by atoms with E-state index in [0.717, 1.165) is 5.56 Å². The minimum atomic E-state index is -0.616. The van der Waals surface area contributed by atoms with Crippen LogP contribution in [0.2, 0.25) is 5.02 Å². The number of halogens is 1.